The lowest BCUT2D eigenvalue weighted by atomic mass is 9.98. The van der Waals surface area contributed by atoms with Crippen molar-refractivity contribution in [3.05, 3.63) is 54.1 Å². The minimum absolute atomic E-state index is 0.146. The topological polar surface area (TPSA) is 132 Å². The number of anilines is 2. The lowest BCUT2D eigenvalue weighted by Gasteiger charge is -2.23. The van der Waals surface area contributed by atoms with Gasteiger partial charge >= 0.3 is 12.0 Å². The summed E-state index contributed by atoms with van der Waals surface area (Å²) in [5.41, 5.74) is 1.67. The smallest absolute Gasteiger partial charge is 0.338 e. The number of carbonyl (C=O) groups excluding carboxylic acids is 3. The third-order valence-corrected chi connectivity index (χ3v) is 6.30. The number of nitrogens with one attached hydrogen (secondary N) is 3. The van der Waals surface area contributed by atoms with Crippen LogP contribution in [0.1, 0.15) is 37.6 Å². The Morgan fingerprint density at radius 1 is 1.03 bits per heavy atom. The SMILES string of the molecule is CCOC(=O)c1ccc(NC(=O)NC(C(=O)Nc2nnc(-c3cccc(OC)c3)s2)C(C)CC)cc1. The van der Waals surface area contributed by atoms with Crippen LogP contribution >= 0.6 is 11.3 Å². The van der Waals surface area contributed by atoms with Gasteiger partial charge < -0.3 is 20.1 Å². The van der Waals surface area contributed by atoms with E-state index in [0.29, 0.717) is 33.6 Å². The molecule has 0 aliphatic rings. The first-order valence-electron chi connectivity index (χ1n) is 11.5. The van der Waals surface area contributed by atoms with Gasteiger partial charge in [-0.1, -0.05) is 43.7 Å². The molecule has 2 unspecified atom stereocenters. The number of esters is 1. The van der Waals surface area contributed by atoms with E-state index in [0.717, 1.165) is 5.56 Å². The molecule has 0 saturated carbocycles. The van der Waals surface area contributed by atoms with Gasteiger partial charge in [0.25, 0.3) is 0 Å². The van der Waals surface area contributed by atoms with E-state index >= 15 is 0 Å². The molecule has 0 radical (unpaired) electrons. The summed E-state index contributed by atoms with van der Waals surface area (Å²) in [5, 5.41) is 17.3. The van der Waals surface area contributed by atoms with Crippen molar-refractivity contribution in [1.29, 1.82) is 0 Å². The molecule has 3 N–H and O–H groups in total. The molecule has 0 bridgehead atoms. The average Bonchev–Trinajstić information content (AvgIpc) is 3.35. The number of hydrogen-bond acceptors (Lipinski definition) is 8. The number of aromatic nitrogens is 2. The molecular weight excluding hydrogens is 482 g/mol. The maximum Gasteiger partial charge on any atom is 0.338 e. The maximum absolute atomic E-state index is 13.0. The zero-order valence-electron chi connectivity index (χ0n) is 20.5. The first-order chi connectivity index (χ1) is 17.3. The normalized spacial score (nSPS) is 12.2. The van der Waals surface area contributed by atoms with Crippen LogP contribution in [0.4, 0.5) is 15.6 Å². The van der Waals surface area contributed by atoms with Gasteiger partial charge in [0.1, 0.15) is 16.8 Å². The molecule has 0 spiro atoms. The lowest BCUT2D eigenvalue weighted by Crippen LogP contribution is -2.49. The van der Waals surface area contributed by atoms with Gasteiger partial charge in [-0.05, 0) is 49.2 Å². The Hall–Kier alpha value is -3.99. The maximum atomic E-state index is 13.0. The second-order valence-corrected chi connectivity index (χ2v) is 8.87. The minimum atomic E-state index is -0.807. The van der Waals surface area contributed by atoms with Gasteiger partial charge in [-0.25, -0.2) is 9.59 Å². The van der Waals surface area contributed by atoms with E-state index in [1.54, 1.807) is 38.3 Å². The summed E-state index contributed by atoms with van der Waals surface area (Å²) in [6.45, 7) is 5.82. The van der Waals surface area contributed by atoms with E-state index < -0.39 is 23.9 Å². The van der Waals surface area contributed by atoms with E-state index in [4.69, 9.17) is 9.47 Å². The van der Waals surface area contributed by atoms with E-state index in [2.05, 4.69) is 26.1 Å². The van der Waals surface area contributed by atoms with Gasteiger partial charge in [-0.3, -0.25) is 10.1 Å². The number of amides is 3. The van der Waals surface area contributed by atoms with Gasteiger partial charge in [0.15, 0.2) is 0 Å². The van der Waals surface area contributed by atoms with Crippen LogP contribution in [0.2, 0.25) is 0 Å². The van der Waals surface area contributed by atoms with E-state index in [9.17, 15) is 14.4 Å². The third-order valence-electron chi connectivity index (χ3n) is 5.41. The van der Waals surface area contributed by atoms with E-state index in [1.807, 2.05) is 38.1 Å². The molecule has 10 nitrogen and oxygen atoms in total. The number of methoxy groups -OCH3 is 1. The molecule has 36 heavy (non-hydrogen) atoms. The van der Waals surface area contributed by atoms with Crippen LogP contribution in [0, 0.1) is 5.92 Å². The number of nitrogens with zero attached hydrogens (tertiary/aromatic N) is 2. The van der Waals surface area contributed by atoms with Crippen molar-refractivity contribution in [2.75, 3.05) is 24.4 Å². The van der Waals surface area contributed by atoms with Crippen LogP contribution in [0.15, 0.2) is 48.5 Å². The Morgan fingerprint density at radius 2 is 1.78 bits per heavy atom. The highest BCUT2D eigenvalue weighted by Crippen LogP contribution is 2.29. The molecule has 3 rings (SSSR count). The van der Waals surface area contributed by atoms with Gasteiger partial charge in [0.2, 0.25) is 11.0 Å². The lowest BCUT2D eigenvalue weighted by molar-refractivity contribution is -0.119. The number of rotatable bonds is 10. The van der Waals surface area contributed by atoms with Crippen LogP contribution in [-0.4, -0.2) is 47.9 Å². The van der Waals surface area contributed by atoms with Crippen LogP contribution in [0.5, 0.6) is 5.75 Å². The number of carbonyl (C=O) groups is 3. The summed E-state index contributed by atoms with van der Waals surface area (Å²) in [4.78, 5) is 37.5. The summed E-state index contributed by atoms with van der Waals surface area (Å²) in [6.07, 6.45) is 0.664. The minimum Gasteiger partial charge on any atom is -0.497 e. The van der Waals surface area contributed by atoms with Crippen molar-refractivity contribution in [1.82, 2.24) is 15.5 Å². The van der Waals surface area contributed by atoms with Crippen LogP contribution in [0.3, 0.4) is 0 Å². The largest absolute Gasteiger partial charge is 0.497 e. The second kappa shape index (κ2) is 12.6. The van der Waals surface area contributed by atoms with Crippen molar-refractivity contribution < 1.29 is 23.9 Å². The Balaban J connectivity index is 1.64. The summed E-state index contributed by atoms with van der Waals surface area (Å²) >= 11 is 1.22. The van der Waals surface area contributed by atoms with Gasteiger partial charge in [0, 0.05) is 11.3 Å². The number of benzene rings is 2. The average molecular weight is 512 g/mol. The highest BCUT2D eigenvalue weighted by molar-refractivity contribution is 7.18. The molecule has 0 aliphatic carbocycles. The van der Waals surface area contributed by atoms with Crippen LogP contribution < -0.4 is 20.7 Å². The molecule has 1 aromatic heterocycles. The van der Waals surface area contributed by atoms with Crippen LogP contribution in [0.25, 0.3) is 10.6 Å². The van der Waals surface area contributed by atoms with E-state index in [-0.39, 0.29) is 12.5 Å². The summed E-state index contributed by atoms with van der Waals surface area (Å²) in [7, 11) is 1.58. The molecule has 3 aromatic rings. The molecule has 3 amide bonds. The molecular formula is C25H29N5O5S. The number of hydrogen-bond donors (Lipinski definition) is 3. The van der Waals surface area contributed by atoms with Crippen molar-refractivity contribution in [2.45, 2.75) is 33.2 Å². The summed E-state index contributed by atoms with van der Waals surface area (Å²) in [5.74, 6) is -0.290. The third kappa shape index (κ3) is 7.01. The second-order valence-electron chi connectivity index (χ2n) is 7.89. The monoisotopic (exact) mass is 511 g/mol. The zero-order valence-corrected chi connectivity index (χ0v) is 21.3. The Labute approximate surface area is 213 Å². The Kier molecular flexibility index (Phi) is 9.34. The van der Waals surface area contributed by atoms with E-state index in [1.165, 1.54) is 11.3 Å². The summed E-state index contributed by atoms with van der Waals surface area (Å²) < 4.78 is 10.2. The molecule has 190 valence electrons. The number of urea groups is 1. The summed E-state index contributed by atoms with van der Waals surface area (Å²) in [6, 6.07) is 12.3. The van der Waals surface area contributed by atoms with Gasteiger partial charge in [-0.15, -0.1) is 10.2 Å². The fraction of sp³-hybridized carbons (Fsp3) is 0.320. The first kappa shape index (κ1) is 26.6. The van der Waals surface area contributed by atoms with Crippen LogP contribution in [-0.2, 0) is 9.53 Å². The van der Waals surface area contributed by atoms with Gasteiger partial charge in [-0.2, -0.15) is 0 Å². The molecule has 0 saturated heterocycles. The molecule has 2 aromatic carbocycles. The number of ether oxygens (including phenoxy) is 2. The predicted molar refractivity (Wildman–Crippen MR) is 138 cm³/mol. The highest BCUT2D eigenvalue weighted by atomic mass is 32.1. The fourth-order valence-electron chi connectivity index (χ4n) is 3.24. The molecule has 0 aliphatic heterocycles. The van der Waals surface area contributed by atoms with Crippen molar-refractivity contribution >= 4 is 40.1 Å². The molecule has 0 fully saturated rings. The quantitative estimate of drug-likeness (QED) is 0.340. The Morgan fingerprint density at radius 3 is 2.44 bits per heavy atom. The fourth-order valence-corrected chi connectivity index (χ4v) is 3.99. The van der Waals surface area contributed by atoms with Gasteiger partial charge in [0.05, 0.1) is 19.3 Å². The standard InChI is InChI=1S/C25H29N5O5S/c1-5-15(3)20(27-24(33)26-18-12-10-16(11-13-18)23(32)35-6-2)21(31)28-25-30-29-22(36-25)17-8-7-9-19(14-17)34-4/h7-15,20H,5-6H2,1-4H3,(H2,26,27,33)(H,28,30,31). The molecule has 1 heterocycles. The highest BCUT2D eigenvalue weighted by Gasteiger charge is 2.27. The van der Waals surface area contributed by atoms with Crippen molar-refractivity contribution in [3.63, 3.8) is 0 Å². The van der Waals surface area contributed by atoms with Crippen molar-refractivity contribution in [3.8, 4) is 16.3 Å². The Bertz CT molecular complexity index is 1200. The predicted octanol–water partition coefficient (Wildman–Crippen LogP) is 4.57. The zero-order chi connectivity index (χ0) is 26.1. The first-order valence-corrected chi connectivity index (χ1v) is 12.3. The van der Waals surface area contributed by atoms with Crippen molar-refractivity contribution in [2.24, 2.45) is 5.92 Å². The molecule has 11 heteroatoms. The molecule has 2 atom stereocenters.